The van der Waals surface area contributed by atoms with Crippen molar-refractivity contribution in [2.45, 2.75) is 6.54 Å². The highest BCUT2D eigenvalue weighted by Gasteiger charge is 2.30. The lowest BCUT2D eigenvalue weighted by atomic mass is 10.0. The molecule has 158 valence electrons. The van der Waals surface area contributed by atoms with Gasteiger partial charge in [-0.15, -0.1) is 0 Å². The third-order valence-electron chi connectivity index (χ3n) is 5.14. The molecule has 1 heterocycles. The van der Waals surface area contributed by atoms with E-state index in [9.17, 15) is 14.9 Å². The number of carbonyl (C=O) groups excluding carboxylic acids is 1. The van der Waals surface area contributed by atoms with E-state index in [4.69, 9.17) is 14.2 Å². The molecule has 0 bridgehead atoms. The second-order valence-electron chi connectivity index (χ2n) is 6.87. The lowest BCUT2D eigenvalue weighted by Gasteiger charge is -2.31. The summed E-state index contributed by atoms with van der Waals surface area (Å²) in [6.45, 7) is 0.0891. The summed E-state index contributed by atoms with van der Waals surface area (Å²) < 4.78 is 16.5. The van der Waals surface area contributed by atoms with Crippen molar-refractivity contribution in [1.82, 2.24) is 0 Å². The molecule has 0 atom stereocenters. The number of ether oxygens (including phenoxy) is 3. The molecule has 0 N–H and O–H groups in total. The maximum atomic E-state index is 12.7. The Bertz CT molecular complexity index is 1160. The van der Waals surface area contributed by atoms with Gasteiger partial charge in [0.25, 0.3) is 11.6 Å². The molecule has 0 aliphatic carbocycles. The maximum Gasteiger partial charge on any atom is 0.277 e. The highest BCUT2D eigenvalue weighted by Crippen LogP contribution is 2.44. The lowest BCUT2D eigenvalue weighted by Crippen LogP contribution is -2.38. The van der Waals surface area contributed by atoms with Crippen LogP contribution in [-0.2, 0) is 11.3 Å². The summed E-state index contributed by atoms with van der Waals surface area (Å²) in [6.07, 6.45) is 0. The van der Waals surface area contributed by atoms with Crippen LogP contribution in [0.1, 0.15) is 5.56 Å². The largest absolute Gasteiger partial charge is 0.497 e. The minimum Gasteiger partial charge on any atom is -0.497 e. The number of methoxy groups -OCH3 is 2. The minimum atomic E-state index is -0.428. The summed E-state index contributed by atoms with van der Waals surface area (Å²) in [5.74, 6) is 1.46. The third-order valence-corrected chi connectivity index (χ3v) is 5.14. The number of nitro benzene ring substituents is 1. The van der Waals surface area contributed by atoms with Crippen LogP contribution < -0.4 is 19.1 Å². The van der Waals surface area contributed by atoms with Gasteiger partial charge in [0.2, 0.25) is 0 Å². The van der Waals surface area contributed by atoms with Crippen LogP contribution in [-0.4, -0.2) is 31.7 Å². The van der Waals surface area contributed by atoms with E-state index in [0.717, 1.165) is 5.56 Å². The Morgan fingerprint density at radius 3 is 2.55 bits per heavy atom. The molecule has 1 amide bonds. The quantitative estimate of drug-likeness (QED) is 0.438. The Balaban J connectivity index is 1.78. The highest BCUT2D eigenvalue weighted by molar-refractivity contribution is 6.00. The predicted octanol–water partition coefficient (Wildman–Crippen LogP) is 4.20. The predicted molar refractivity (Wildman–Crippen MR) is 115 cm³/mol. The Morgan fingerprint density at radius 1 is 1.03 bits per heavy atom. The highest BCUT2D eigenvalue weighted by atomic mass is 16.6. The summed E-state index contributed by atoms with van der Waals surface area (Å²) in [7, 11) is 3.13. The average molecular weight is 420 g/mol. The fourth-order valence-corrected chi connectivity index (χ4v) is 3.63. The van der Waals surface area contributed by atoms with Gasteiger partial charge in [0.05, 0.1) is 36.9 Å². The molecular weight excluding hydrogens is 400 g/mol. The summed E-state index contributed by atoms with van der Waals surface area (Å²) in [6, 6.07) is 17.1. The van der Waals surface area contributed by atoms with E-state index in [-0.39, 0.29) is 24.7 Å². The summed E-state index contributed by atoms with van der Waals surface area (Å²) in [4.78, 5) is 25.4. The lowest BCUT2D eigenvalue weighted by molar-refractivity contribution is -0.384. The number of nitro groups is 1. The molecule has 8 heteroatoms. The number of hydrogen-bond acceptors (Lipinski definition) is 6. The molecule has 3 aromatic rings. The maximum absolute atomic E-state index is 12.7. The topological polar surface area (TPSA) is 91.1 Å². The molecule has 0 unspecified atom stereocenters. The van der Waals surface area contributed by atoms with Crippen LogP contribution in [0.4, 0.5) is 11.4 Å². The summed E-state index contributed by atoms with van der Waals surface area (Å²) in [5, 5.41) is 11.5. The Kier molecular flexibility index (Phi) is 5.44. The van der Waals surface area contributed by atoms with E-state index in [2.05, 4.69) is 0 Å². The van der Waals surface area contributed by atoms with E-state index in [0.29, 0.717) is 34.1 Å². The number of carbonyl (C=O) groups is 1. The molecule has 0 fully saturated rings. The van der Waals surface area contributed by atoms with Crippen LogP contribution >= 0.6 is 0 Å². The monoisotopic (exact) mass is 420 g/mol. The van der Waals surface area contributed by atoms with E-state index < -0.39 is 4.92 Å². The second kappa shape index (κ2) is 8.35. The van der Waals surface area contributed by atoms with Crippen molar-refractivity contribution in [1.29, 1.82) is 0 Å². The van der Waals surface area contributed by atoms with Gasteiger partial charge in [-0.25, -0.2) is 0 Å². The van der Waals surface area contributed by atoms with Crippen molar-refractivity contribution in [2.75, 3.05) is 25.7 Å². The van der Waals surface area contributed by atoms with Gasteiger partial charge in [-0.3, -0.25) is 14.9 Å². The first kappa shape index (κ1) is 20.2. The van der Waals surface area contributed by atoms with Crippen LogP contribution in [0, 0.1) is 10.1 Å². The van der Waals surface area contributed by atoms with Crippen molar-refractivity contribution in [3.63, 3.8) is 0 Å². The number of para-hydroxylation sites is 2. The summed E-state index contributed by atoms with van der Waals surface area (Å²) >= 11 is 0. The molecule has 0 aromatic heterocycles. The number of amides is 1. The van der Waals surface area contributed by atoms with Gasteiger partial charge in [-0.1, -0.05) is 24.3 Å². The number of rotatable bonds is 6. The molecule has 3 aromatic carbocycles. The second-order valence-corrected chi connectivity index (χ2v) is 6.87. The molecule has 4 rings (SSSR count). The fourth-order valence-electron chi connectivity index (χ4n) is 3.63. The first-order valence-corrected chi connectivity index (χ1v) is 9.54. The third kappa shape index (κ3) is 3.75. The number of fused-ring (bicyclic) bond motifs is 1. The number of nitrogens with zero attached hydrogens (tertiary/aromatic N) is 2. The molecular formula is C23H20N2O6. The molecule has 1 aliphatic heterocycles. The van der Waals surface area contributed by atoms with Crippen LogP contribution in [0.2, 0.25) is 0 Å². The van der Waals surface area contributed by atoms with Crippen molar-refractivity contribution in [2.24, 2.45) is 0 Å². The number of anilines is 1. The zero-order valence-corrected chi connectivity index (χ0v) is 17.0. The smallest absolute Gasteiger partial charge is 0.277 e. The SMILES string of the molecule is COc1ccc(CN2C(=O)COc3c(-c4ccccc4[N+](=O)[O-])cccc32)c(OC)c1. The first-order chi connectivity index (χ1) is 15.0. The van der Waals surface area contributed by atoms with E-state index in [1.165, 1.54) is 6.07 Å². The number of benzene rings is 3. The van der Waals surface area contributed by atoms with E-state index >= 15 is 0 Å². The fraction of sp³-hybridized carbons (Fsp3) is 0.174. The number of hydrogen-bond donors (Lipinski definition) is 0. The van der Waals surface area contributed by atoms with Crippen molar-refractivity contribution < 1.29 is 23.9 Å². The molecule has 31 heavy (non-hydrogen) atoms. The molecule has 0 radical (unpaired) electrons. The Morgan fingerprint density at radius 2 is 1.81 bits per heavy atom. The normalized spacial score (nSPS) is 12.7. The van der Waals surface area contributed by atoms with Crippen LogP contribution in [0.25, 0.3) is 11.1 Å². The van der Waals surface area contributed by atoms with Crippen LogP contribution in [0.5, 0.6) is 17.2 Å². The molecule has 0 spiro atoms. The van der Waals surface area contributed by atoms with Gasteiger partial charge in [-0.2, -0.15) is 0 Å². The Labute approximate surface area is 178 Å². The summed E-state index contributed by atoms with van der Waals surface area (Å²) in [5.41, 5.74) is 2.30. The van der Waals surface area contributed by atoms with E-state index in [1.807, 2.05) is 6.07 Å². The van der Waals surface area contributed by atoms with Crippen molar-refractivity contribution in [3.05, 3.63) is 76.3 Å². The zero-order chi connectivity index (χ0) is 22.0. The molecule has 1 aliphatic rings. The van der Waals surface area contributed by atoms with Gasteiger partial charge < -0.3 is 19.1 Å². The van der Waals surface area contributed by atoms with E-state index in [1.54, 1.807) is 67.7 Å². The standard InChI is InChI=1S/C23H20N2O6/c1-29-16-11-10-15(21(12-16)30-2)13-24-20-9-5-7-18(23(20)31-14-22(24)26)17-6-3-4-8-19(17)25(27)28/h3-12H,13-14H2,1-2H3. The molecule has 8 nitrogen and oxygen atoms in total. The van der Waals surface area contributed by atoms with Gasteiger partial charge in [0, 0.05) is 23.3 Å². The van der Waals surface area contributed by atoms with Crippen LogP contribution in [0.3, 0.4) is 0 Å². The minimum absolute atomic E-state index is 0.0280. The average Bonchev–Trinajstić information content (AvgIpc) is 2.80. The van der Waals surface area contributed by atoms with Gasteiger partial charge >= 0.3 is 0 Å². The van der Waals surface area contributed by atoms with Gasteiger partial charge in [0.15, 0.2) is 12.4 Å². The first-order valence-electron chi connectivity index (χ1n) is 9.54. The zero-order valence-electron chi connectivity index (χ0n) is 17.0. The Hall–Kier alpha value is -4.07. The van der Waals surface area contributed by atoms with Crippen molar-refractivity contribution >= 4 is 17.3 Å². The van der Waals surface area contributed by atoms with Crippen molar-refractivity contribution in [3.8, 4) is 28.4 Å². The van der Waals surface area contributed by atoms with Gasteiger partial charge in [0.1, 0.15) is 11.5 Å². The molecule has 0 saturated heterocycles. The molecule has 0 saturated carbocycles. The van der Waals surface area contributed by atoms with Crippen LogP contribution in [0.15, 0.2) is 60.7 Å². The van der Waals surface area contributed by atoms with Gasteiger partial charge in [-0.05, 0) is 24.3 Å².